The van der Waals surface area contributed by atoms with Crippen LogP contribution >= 0.6 is 0 Å². The lowest BCUT2D eigenvalue weighted by atomic mass is 10.2. The van der Waals surface area contributed by atoms with E-state index >= 15 is 0 Å². The summed E-state index contributed by atoms with van der Waals surface area (Å²) in [6, 6.07) is 14.9. The Kier molecular flexibility index (Phi) is 2.90. The maximum atomic E-state index is 12.2. The summed E-state index contributed by atoms with van der Waals surface area (Å²) in [5, 5.41) is 0. The third kappa shape index (κ3) is 2.28. The van der Waals surface area contributed by atoms with E-state index in [0.717, 1.165) is 5.56 Å². The molecule has 0 radical (unpaired) electrons. The molecule has 1 aromatic carbocycles. The fourth-order valence-corrected chi connectivity index (χ4v) is 1.81. The van der Waals surface area contributed by atoms with Crippen LogP contribution in [0.4, 0.5) is 0 Å². The van der Waals surface area contributed by atoms with Crippen LogP contribution in [0.1, 0.15) is 16.2 Å². The van der Waals surface area contributed by atoms with Crippen molar-refractivity contribution >= 4 is 5.78 Å². The molecule has 1 N–H and O–H groups in total. The van der Waals surface area contributed by atoms with Crippen molar-refractivity contribution in [3.8, 4) is 11.4 Å². The molecular weight excluding hydrogens is 238 g/mol. The smallest absolute Gasteiger partial charge is 0.229 e. The number of imidazole rings is 1. The van der Waals surface area contributed by atoms with Crippen LogP contribution in [-0.4, -0.2) is 20.7 Å². The second-order valence-electron chi connectivity index (χ2n) is 4.06. The van der Waals surface area contributed by atoms with Crippen LogP contribution in [0.3, 0.4) is 0 Å². The number of pyridine rings is 1. The van der Waals surface area contributed by atoms with Crippen LogP contribution in [-0.2, 0) is 0 Å². The maximum absolute atomic E-state index is 12.2. The minimum atomic E-state index is -0.157. The fraction of sp³-hybridized carbons (Fsp3) is 0. The van der Waals surface area contributed by atoms with Gasteiger partial charge in [0.05, 0.1) is 6.20 Å². The van der Waals surface area contributed by atoms with Crippen molar-refractivity contribution in [2.75, 3.05) is 0 Å². The van der Waals surface area contributed by atoms with Crippen LogP contribution < -0.4 is 0 Å². The van der Waals surface area contributed by atoms with E-state index in [2.05, 4.69) is 15.0 Å². The first-order valence-corrected chi connectivity index (χ1v) is 5.91. The molecule has 0 atom stereocenters. The summed E-state index contributed by atoms with van der Waals surface area (Å²) < 4.78 is 0. The Labute approximate surface area is 110 Å². The van der Waals surface area contributed by atoms with Gasteiger partial charge in [-0.15, -0.1) is 0 Å². The Morgan fingerprint density at radius 2 is 1.74 bits per heavy atom. The molecular formula is C15H11N3O. The highest BCUT2D eigenvalue weighted by molar-refractivity contribution is 6.06. The van der Waals surface area contributed by atoms with Gasteiger partial charge in [-0.05, 0) is 12.1 Å². The van der Waals surface area contributed by atoms with Crippen molar-refractivity contribution in [3.05, 3.63) is 72.3 Å². The summed E-state index contributed by atoms with van der Waals surface area (Å²) in [5.74, 6) is 0.523. The SMILES string of the molecule is O=C(c1ccccn1)c1cnc(-c2ccccc2)[nH]1. The summed E-state index contributed by atoms with van der Waals surface area (Å²) in [5.41, 5.74) is 1.80. The quantitative estimate of drug-likeness (QED) is 0.726. The van der Waals surface area contributed by atoms with E-state index < -0.39 is 0 Å². The van der Waals surface area contributed by atoms with E-state index in [1.807, 2.05) is 30.3 Å². The van der Waals surface area contributed by atoms with Gasteiger partial charge in [-0.2, -0.15) is 0 Å². The van der Waals surface area contributed by atoms with Gasteiger partial charge in [-0.25, -0.2) is 4.98 Å². The molecule has 0 bridgehead atoms. The summed E-state index contributed by atoms with van der Waals surface area (Å²) in [6.45, 7) is 0. The third-order valence-corrected chi connectivity index (χ3v) is 2.77. The molecule has 0 aliphatic heterocycles. The Morgan fingerprint density at radius 1 is 0.947 bits per heavy atom. The predicted molar refractivity (Wildman–Crippen MR) is 71.7 cm³/mol. The molecule has 0 aliphatic carbocycles. The summed E-state index contributed by atoms with van der Waals surface area (Å²) >= 11 is 0. The molecule has 19 heavy (non-hydrogen) atoms. The molecule has 0 saturated carbocycles. The first kappa shape index (κ1) is 11.3. The molecule has 4 heteroatoms. The number of carbonyl (C=O) groups excluding carboxylic acids is 1. The van der Waals surface area contributed by atoms with Crippen molar-refractivity contribution in [2.24, 2.45) is 0 Å². The van der Waals surface area contributed by atoms with E-state index in [-0.39, 0.29) is 5.78 Å². The van der Waals surface area contributed by atoms with Crippen molar-refractivity contribution in [3.63, 3.8) is 0 Å². The number of benzene rings is 1. The van der Waals surface area contributed by atoms with Gasteiger partial charge in [0.25, 0.3) is 0 Å². The van der Waals surface area contributed by atoms with Gasteiger partial charge in [0.15, 0.2) is 0 Å². The van der Waals surface area contributed by atoms with E-state index in [1.165, 1.54) is 0 Å². The maximum Gasteiger partial charge on any atom is 0.229 e. The van der Waals surface area contributed by atoms with E-state index in [9.17, 15) is 4.79 Å². The molecule has 3 aromatic rings. The molecule has 0 amide bonds. The highest BCUT2D eigenvalue weighted by Gasteiger charge is 2.13. The van der Waals surface area contributed by atoms with Crippen molar-refractivity contribution < 1.29 is 4.79 Å². The van der Waals surface area contributed by atoms with Gasteiger partial charge in [0.2, 0.25) is 5.78 Å². The summed E-state index contributed by atoms with van der Waals surface area (Å²) in [6.07, 6.45) is 3.14. The molecule has 0 saturated heterocycles. The standard InChI is InChI=1S/C15H11N3O/c19-14(12-8-4-5-9-16-12)13-10-17-15(18-13)11-6-2-1-3-7-11/h1-10H,(H,17,18). The number of aromatic amines is 1. The molecule has 0 spiro atoms. The molecule has 0 unspecified atom stereocenters. The second-order valence-corrected chi connectivity index (χ2v) is 4.06. The third-order valence-electron chi connectivity index (χ3n) is 2.77. The van der Waals surface area contributed by atoms with Crippen molar-refractivity contribution in [1.82, 2.24) is 15.0 Å². The van der Waals surface area contributed by atoms with Gasteiger partial charge in [-0.3, -0.25) is 9.78 Å². The lowest BCUT2D eigenvalue weighted by Gasteiger charge is -1.97. The Morgan fingerprint density at radius 3 is 2.47 bits per heavy atom. The monoisotopic (exact) mass is 249 g/mol. The minimum absolute atomic E-state index is 0.157. The van der Waals surface area contributed by atoms with Gasteiger partial charge in [0, 0.05) is 11.8 Å². The lowest BCUT2D eigenvalue weighted by Crippen LogP contribution is -2.03. The van der Waals surface area contributed by atoms with E-state index in [1.54, 1.807) is 30.6 Å². The largest absolute Gasteiger partial charge is 0.335 e. The van der Waals surface area contributed by atoms with Crippen molar-refractivity contribution in [2.45, 2.75) is 0 Å². The normalized spacial score (nSPS) is 10.3. The number of hydrogen-bond donors (Lipinski definition) is 1. The van der Waals surface area contributed by atoms with Crippen LogP contribution in [0.15, 0.2) is 60.9 Å². The molecule has 0 aliphatic rings. The number of nitrogens with one attached hydrogen (secondary N) is 1. The minimum Gasteiger partial charge on any atom is -0.335 e. The number of hydrogen-bond acceptors (Lipinski definition) is 3. The first-order valence-electron chi connectivity index (χ1n) is 5.91. The van der Waals surface area contributed by atoms with Crippen LogP contribution in [0.5, 0.6) is 0 Å². The van der Waals surface area contributed by atoms with Gasteiger partial charge >= 0.3 is 0 Å². The average molecular weight is 249 g/mol. The number of H-pyrrole nitrogens is 1. The highest BCUT2D eigenvalue weighted by Crippen LogP contribution is 2.15. The zero-order valence-electron chi connectivity index (χ0n) is 10.1. The van der Waals surface area contributed by atoms with Crippen LogP contribution in [0.2, 0.25) is 0 Å². The van der Waals surface area contributed by atoms with Gasteiger partial charge in [-0.1, -0.05) is 36.4 Å². The number of nitrogens with zero attached hydrogens (tertiary/aromatic N) is 2. The molecule has 92 valence electrons. The van der Waals surface area contributed by atoms with Crippen LogP contribution in [0, 0.1) is 0 Å². The molecule has 3 rings (SSSR count). The predicted octanol–water partition coefficient (Wildman–Crippen LogP) is 2.70. The van der Waals surface area contributed by atoms with Crippen LogP contribution in [0.25, 0.3) is 11.4 Å². The Balaban J connectivity index is 1.92. The Bertz CT molecular complexity index is 690. The molecule has 4 nitrogen and oxygen atoms in total. The zero-order valence-corrected chi connectivity index (χ0v) is 10.1. The molecule has 0 fully saturated rings. The van der Waals surface area contributed by atoms with Crippen molar-refractivity contribution in [1.29, 1.82) is 0 Å². The summed E-state index contributed by atoms with van der Waals surface area (Å²) in [4.78, 5) is 23.5. The second kappa shape index (κ2) is 4.86. The average Bonchev–Trinajstić information content (AvgIpc) is 2.98. The molecule has 2 heterocycles. The zero-order chi connectivity index (χ0) is 13.1. The fourth-order valence-electron chi connectivity index (χ4n) is 1.81. The Hall–Kier alpha value is -2.75. The number of carbonyl (C=O) groups is 1. The van der Waals surface area contributed by atoms with E-state index in [4.69, 9.17) is 0 Å². The van der Waals surface area contributed by atoms with Gasteiger partial charge < -0.3 is 4.98 Å². The first-order chi connectivity index (χ1) is 9.34. The highest BCUT2D eigenvalue weighted by atomic mass is 16.1. The number of rotatable bonds is 3. The topological polar surface area (TPSA) is 58.6 Å². The summed E-state index contributed by atoms with van der Waals surface area (Å²) in [7, 11) is 0. The van der Waals surface area contributed by atoms with E-state index in [0.29, 0.717) is 17.2 Å². The molecule has 2 aromatic heterocycles. The number of aromatic nitrogens is 3. The number of ketones is 1. The van der Waals surface area contributed by atoms with Gasteiger partial charge in [0.1, 0.15) is 17.2 Å². The lowest BCUT2D eigenvalue weighted by molar-refractivity contribution is 0.103.